The molecule has 1 N–H and O–H groups in total. The third-order valence-corrected chi connectivity index (χ3v) is 5.71. The van der Waals surface area contributed by atoms with Crippen molar-refractivity contribution in [2.45, 2.75) is 63.8 Å². The van der Waals surface area contributed by atoms with Gasteiger partial charge < -0.3 is 5.11 Å². The molecule has 0 spiro atoms. The number of rotatable bonds is 5. The molecule has 1 aliphatic carbocycles. The Morgan fingerprint density at radius 2 is 2.04 bits per heavy atom. The molecule has 4 rings (SSSR count). The van der Waals surface area contributed by atoms with Crippen LogP contribution in [0.25, 0.3) is 0 Å². The molecule has 2 aliphatic rings. The Hall–Kier alpha value is -1.79. The van der Waals surface area contributed by atoms with Gasteiger partial charge in [-0.25, -0.2) is 4.68 Å². The summed E-state index contributed by atoms with van der Waals surface area (Å²) in [4.78, 5) is 6.66. The van der Waals surface area contributed by atoms with E-state index in [0.29, 0.717) is 18.5 Å². The minimum Gasteiger partial charge on any atom is -0.393 e. The summed E-state index contributed by atoms with van der Waals surface area (Å²) in [5, 5.41) is 19.0. The molecule has 2 aromatic rings. The van der Waals surface area contributed by atoms with Crippen LogP contribution in [0.3, 0.4) is 0 Å². The number of hydrogen-bond acceptors (Lipinski definition) is 5. The summed E-state index contributed by atoms with van der Waals surface area (Å²) < 4.78 is 1.88. The van der Waals surface area contributed by atoms with Gasteiger partial charge >= 0.3 is 0 Å². The van der Waals surface area contributed by atoms with E-state index >= 15 is 0 Å². The Morgan fingerprint density at radius 1 is 1.12 bits per heavy atom. The molecule has 0 amide bonds. The molecule has 6 nitrogen and oxygen atoms in total. The molecule has 1 saturated carbocycles. The largest absolute Gasteiger partial charge is 0.393 e. The summed E-state index contributed by atoms with van der Waals surface area (Å²) in [6.45, 7) is 2.63. The van der Waals surface area contributed by atoms with E-state index in [1.807, 2.05) is 23.1 Å². The average molecular weight is 341 g/mol. The Bertz CT molecular complexity index is 673. The van der Waals surface area contributed by atoms with Gasteiger partial charge in [-0.05, 0) is 43.9 Å². The first kappa shape index (κ1) is 16.7. The molecule has 3 unspecified atom stereocenters. The van der Waals surface area contributed by atoms with Crippen LogP contribution in [0.4, 0.5) is 0 Å². The Balaban J connectivity index is 1.39. The fraction of sp³-hybridized carbons (Fsp3) is 0.632. The molecule has 6 heteroatoms. The number of aliphatic hydroxyl groups is 1. The number of likely N-dealkylation sites (tertiary alicyclic amines) is 1. The topological polar surface area (TPSA) is 67.1 Å². The van der Waals surface area contributed by atoms with Crippen LogP contribution in [-0.4, -0.2) is 48.7 Å². The molecule has 0 bridgehead atoms. The molecule has 1 saturated heterocycles. The fourth-order valence-electron chi connectivity index (χ4n) is 4.50. The second-order valence-electron chi connectivity index (χ2n) is 7.46. The first-order valence-electron chi connectivity index (χ1n) is 9.49. The van der Waals surface area contributed by atoms with Crippen LogP contribution < -0.4 is 0 Å². The molecular formula is C19H27N5O. The molecular weight excluding hydrogens is 314 g/mol. The molecule has 25 heavy (non-hydrogen) atoms. The van der Waals surface area contributed by atoms with E-state index < -0.39 is 0 Å². The number of pyridine rings is 1. The van der Waals surface area contributed by atoms with Crippen LogP contribution in [0.2, 0.25) is 0 Å². The van der Waals surface area contributed by atoms with E-state index in [1.165, 1.54) is 25.7 Å². The van der Waals surface area contributed by atoms with Crippen molar-refractivity contribution in [3.8, 4) is 0 Å². The first-order chi connectivity index (χ1) is 12.3. The summed E-state index contributed by atoms with van der Waals surface area (Å²) in [5.41, 5.74) is 2.14. The molecule has 1 aliphatic heterocycles. The van der Waals surface area contributed by atoms with Crippen molar-refractivity contribution in [1.29, 1.82) is 0 Å². The zero-order valence-electron chi connectivity index (χ0n) is 14.7. The second-order valence-corrected chi connectivity index (χ2v) is 7.46. The van der Waals surface area contributed by atoms with Gasteiger partial charge in [-0.1, -0.05) is 24.1 Å². The van der Waals surface area contributed by atoms with Gasteiger partial charge in [-0.15, -0.1) is 5.10 Å². The first-order valence-corrected chi connectivity index (χ1v) is 9.49. The maximum absolute atomic E-state index is 10.4. The molecule has 0 radical (unpaired) electrons. The van der Waals surface area contributed by atoms with Gasteiger partial charge in [0.1, 0.15) is 0 Å². The molecule has 3 heterocycles. The Morgan fingerprint density at radius 3 is 2.88 bits per heavy atom. The zero-order valence-corrected chi connectivity index (χ0v) is 14.7. The molecule has 3 atom stereocenters. The maximum Gasteiger partial charge on any atom is 0.0967 e. The lowest BCUT2D eigenvalue weighted by Gasteiger charge is -2.37. The number of hydrogen-bond donors (Lipinski definition) is 1. The summed E-state index contributed by atoms with van der Waals surface area (Å²) >= 11 is 0. The minimum atomic E-state index is -0.124. The highest BCUT2D eigenvalue weighted by molar-refractivity contribution is 5.09. The van der Waals surface area contributed by atoms with Crippen molar-refractivity contribution in [3.05, 3.63) is 42.0 Å². The minimum absolute atomic E-state index is 0.124. The molecule has 2 fully saturated rings. The lowest BCUT2D eigenvalue weighted by Crippen LogP contribution is -2.42. The third kappa shape index (κ3) is 3.90. The monoisotopic (exact) mass is 341 g/mol. The predicted molar refractivity (Wildman–Crippen MR) is 94.8 cm³/mol. The third-order valence-electron chi connectivity index (χ3n) is 5.71. The zero-order chi connectivity index (χ0) is 17.1. The van der Waals surface area contributed by atoms with Gasteiger partial charge in [0, 0.05) is 30.9 Å². The van der Waals surface area contributed by atoms with Crippen LogP contribution in [0.1, 0.15) is 49.8 Å². The summed E-state index contributed by atoms with van der Waals surface area (Å²) in [5.74, 6) is 0.432. The number of aliphatic hydroxyl groups excluding tert-OH is 1. The van der Waals surface area contributed by atoms with Crippen LogP contribution in [-0.2, 0) is 13.1 Å². The van der Waals surface area contributed by atoms with Crippen LogP contribution in [0.5, 0.6) is 0 Å². The fourth-order valence-corrected chi connectivity index (χ4v) is 4.50. The van der Waals surface area contributed by atoms with E-state index in [2.05, 4.69) is 26.3 Å². The normalized spacial score (nSPS) is 27.6. The van der Waals surface area contributed by atoms with Crippen molar-refractivity contribution < 1.29 is 5.11 Å². The predicted octanol–water partition coefficient (Wildman–Crippen LogP) is 2.24. The van der Waals surface area contributed by atoms with Crippen molar-refractivity contribution >= 4 is 0 Å². The number of aromatic nitrogens is 4. The maximum atomic E-state index is 10.4. The van der Waals surface area contributed by atoms with Gasteiger partial charge in [0.25, 0.3) is 0 Å². The quantitative estimate of drug-likeness (QED) is 0.903. The van der Waals surface area contributed by atoms with Gasteiger partial charge in [0.05, 0.1) is 24.5 Å². The SMILES string of the molecule is OC1CCCCC1C1CCCN1Cc1cn(Cc2cccnc2)nn1. The van der Waals surface area contributed by atoms with Crippen molar-refractivity contribution in [1.82, 2.24) is 24.9 Å². The Kier molecular flexibility index (Phi) is 5.08. The molecule has 2 aromatic heterocycles. The lowest BCUT2D eigenvalue weighted by molar-refractivity contribution is 0.0199. The summed E-state index contributed by atoms with van der Waals surface area (Å²) in [6, 6.07) is 4.49. The van der Waals surface area contributed by atoms with E-state index in [9.17, 15) is 5.11 Å². The molecule has 0 aromatic carbocycles. The van der Waals surface area contributed by atoms with E-state index in [4.69, 9.17) is 0 Å². The number of nitrogens with zero attached hydrogens (tertiary/aromatic N) is 5. The lowest BCUT2D eigenvalue weighted by atomic mass is 9.80. The average Bonchev–Trinajstić information content (AvgIpc) is 3.26. The van der Waals surface area contributed by atoms with Gasteiger partial charge in [-0.3, -0.25) is 9.88 Å². The highest BCUT2D eigenvalue weighted by Gasteiger charge is 2.36. The smallest absolute Gasteiger partial charge is 0.0967 e. The van der Waals surface area contributed by atoms with Crippen LogP contribution in [0.15, 0.2) is 30.7 Å². The van der Waals surface area contributed by atoms with Crippen LogP contribution >= 0.6 is 0 Å². The highest BCUT2D eigenvalue weighted by atomic mass is 16.3. The summed E-state index contributed by atoms with van der Waals surface area (Å²) in [6.07, 6.45) is 12.5. The van der Waals surface area contributed by atoms with E-state index in [0.717, 1.165) is 37.2 Å². The summed E-state index contributed by atoms with van der Waals surface area (Å²) in [7, 11) is 0. The Labute approximate surface area is 148 Å². The van der Waals surface area contributed by atoms with Gasteiger partial charge in [0.2, 0.25) is 0 Å². The van der Waals surface area contributed by atoms with Gasteiger partial charge in [0.15, 0.2) is 0 Å². The van der Waals surface area contributed by atoms with E-state index in [1.54, 1.807) is 6.20 Å². The molecule has 134 valence electrons. The highest BCUT2D eigenvalue weighted by Crippen LogP contribution is 2.35. The van der Waals surface area contributed by atoms with Crippen molar-refractivity contribution in [3.63, 3.8) is 0 Å². The van der Waals surface area contributed by atoms with Gasteiger partial charge in [-0.2, -0.15) is 0 Å². The van der Waals surface area contributed by atoms with Crippen molar-refractivity contribution in [2.24, 2.45) is 5.92 Å². The van der Waals surface area contributed by atoms with Crippen molar-refractivity contribution in [2.75, 3.05) is 6.54 Å². The second kappa shape index (κ2) is 7.62. The standard InChI is InChI=1S/C19H27N5O/c25-19-8-2-1-6-17(19)18-7-4-10-23(18)13-16-14-24(22-21-16)12-15-5-3-9-20-11-15/h3,5,9,11,14,17-19,25H,1-2,4,6-8,10,12-13H2. The van der Waals surface area contributed by atoms with Crippen LogP contribution in [0, 0.1) is 5.92 Å². The van der Waals surface area contributed by atoms with E-state index in [-0.39, 0.29) is 6.10 Å².